The van der Waals surface area contributed by atoms with Gasteiger partial charge in [0.2, 0.25) is 17.7 Å². The summed E-state index contributed by atoms with van der Waals surface area (Å²) >= 11 is 3.96. The third kappa shape index (κ3) is 11.3. The van der Waals surface area contributed by atoms with Crippen molar-refractivity contribution in [1.29, 1.82) is 0 Å². The second-order valence-electron chi connectivity index (χ2n) is 9.10. The van der Waals surface area contributed by atoms with E-state index in [2.05, 4.69) is 28.6 Å². The molecule has 4 unspecified atom stereocenters. The Balaban J connectivity index is 3.06. The molecule has 4 atom stereocenters. The highest BCUT2D eigenvalue weighted by atomic mass is 32.1. The normalized spacial score (nSPS) is 14.4. The molecule has 0 bridgehead atoms. The van der Waals surface area contributed by atoms with E-state index in [0.717, 1.165) is 6.42 Å². The van der Waals surface area contributed by atoms with Crippen molar-refractivity contribution in [2.45, 2.75) is 70.1 Å². The summed E-state index contributed by atoms with van der Waals surface area (Å²) in [6, 6.07) is 1.90. The van der Waals surface area contributed by atoms with Gasteiger partial charge in [0.15, 0.2) is 0 Å². The van der Waals surface area contributed by atoms with Gasteiger partial charge in [0.25, 0.3) is 0 Å². The first kappa shape index (κ1) is 31.2. The molecule has 0 aliphatic carbocycles. The van der Waals surface area contributed by atoms with Gasteiger partial charge < -0.3 is 37.6 Å². The maximum atomic E-state index is 13.2. The lowest BCUT2D eigenvalue weighted by molar-refractivity contribution is -0.141. The second-order valence-corrected chi connectivity index (χ2v) is 9.46. The third-order valence-corrected chi connectivity index (χ3v) is 5.82. The van der Waals surface area contributed by atoms with Crippen LogP contribution in [0.1, 0.15) is 45.1 Å². The minimum absolute atomic E-state index is 0.0255. The van der Waals surface area contributed by atoms with E-state index >= 15 is 0 Å². The number of aromatic hydroxyl groups is 1. The first-order valence-electron chi connectivity index (χ1n) is 12.0. The third-order valence-electron chi connectivity index (χ3n) is 5.45. The van der Waals surface area contributed by atoms with E-state index in [1.165, 1.54) is 12.1 Å². The molecule has 0 aliphatic heterocycles. The van der Waals surface area contributed by atoms with Gasteiger partial charge >= 0.3 is 5.97 Å². The van der Waals surface area contributed by atoms with Crippen LogP contribution in [0.4, 0.5) is 0 Å². The van der Waals surface area contributed by atoms with Crippen LogP contribution in [0.15, 0.2) is 24.3 Å². The average Bonchev–Trinajstić information content (AvgIpc) is 2.82. The zero-order valence-electron chi connectivity index (χ0n) is 20.8. The van der Waals surface area contributed by atoms with Gasteiger partial charge in [-0.15, -0.1) is 0 Å². The number of rotatable bonds is 16. The summed E-state index contributed by atoms with van der Waals surface area (Å²) < 4.78 is 0. The summed E-state index contributed by atoms with van der Waals surface area (Å²) in [6.07, 6.45) is 2.16. The Morgan fingerprint density at radius 1 is 0.917 bits per heavy atom. The molecule has 0 fully saturated rings. The highest BCUT2D eigenvalue weighted by Gasteiger charge is 2.30. The monoisotopic (exact) mass is 525 g/mol. The SMILES string of the molecule is CC(C)CC(NC(=O)C(N)CCCCN)C(=O)NC(Cc1ccc(O)cc1)C(=O)NC(CS)C(=O)O. The number of phenolic OH excluding ortho intramolecular Hbond substituents is 1. The van der Waals surface area contributed by atoms with Gasteiger partial charge in [-0.1, -0.05) is 32.4 Å². The number of thiol groups is 1. The average molecular weight is 526 g/mol. The number of nitrogens with two attached hydrogens (primary N) is 2. The lowest BCUT2D eigenvalue weighted by Gasteiger charge is -2.26. The van der Waals surface area contributed by atoms with Crippen LogP contribution in [0.5, 0.6) is 5.75 Å². The van der Waals surface area contributed by atoms with E-state index in [1.54, 1.807) is 12.1 Å². The lowest BCUT2D eigenvalue weighted by atomic mass is 10.00. The van der Waals surface area contributed by atoms with Crippen molar-refractivity contribution in [2.75, 3.05) is 12.3 Å². The number of hydrogen-bond acceptors (Lipinski definition) is 8. The van der Waals surface area contributed by atoms with Gasteiger partial charge in [0.1, 0.15) is 23.9 Å². The number of amides is 3. The molecule has 1 rings (SSSR count). The van der Waals surface area contributed by atoms with Gasteiger partial charge in [-0.05, 0) is 49.4 Å². The van der Waals surface area contributed by atoms with E-state index in [-0.39, 0.29) is 23.8 Å². The maximum Gasteiger partial charge on any atom is 0.327 e. The summed E-state index contributed by atoms with van der Waals surface area (Å²) in [5.41, 5.74) is 12.1. The number of unbranched alkanes of at least 4 members (excludes halogenated alkanes) is 1. The molecule has 1 aromatic rings. The van der Waals surface area contributed by atoms with E-state index in [9.17, 15) is 29.4 Å². The minimum Gasteiger partial charge on any atom is -0.508 e. The van der Waals surface area contributed by atoms with Crippen molar-refractivity contribution in [3.8, 4) is 5.75 Å². The van der Waals surface area contributed by atoms with Crippen LogP contribution in [0.2, 0.25) is 0 Å². The smallest absolute Gasteiger partial charge is 0.327 e. The Hall–Kier alpha value is -2.83. The molecule has 0 heterocycles. The zero-order valence-corrected chi connectivity index (χ0v) is 21.7. The van der Waals surface area contributed by atoms with Crippen molar-refractivity contribution < 1.29 is 29.4 Å². The number of carboxylic acids is 1. The molecule has 0 spiro atoms. The molecule has 0 saturated heterocycles. The first-order chi connectivity index (χ1) is 17.0. The van der Waals surface area contributed by atoms with Gasteiger partial charge in [-0.25, -0.2) is 4.79 Å². The molecular weight excluding hydrogens is 486 g/mol. The number of nitrogens with one attached hydrogen (secondary N) is 3. The van der Waals surface area contributed by atoms with Crippen molar-refractivity contribution in [2.24, 2.45) is 17.4 Å². The highest BCUT2D eigenvalue weighted by Crippen LogP contribution is 2.13. The Morgan fingerprint density at radius 3 is 2.00 bits per heavy atom. The topological polar surface area (TPSA) is 197 Å². The van der Waals surface area contributed by atoms with Gasteiger partial charge in [0, 0.05) is 12.2 Å². The molecule has 0 saturated carbocycles. The van der Waals surface area contributed by atoms with Crippen molar-refractivity contribution >= 4 is 36.3 Å². The van der Waals surface area contributed by atoms with E-state index in [4.69, 9.17) is 11.5 Å². The van der Waals surface area contributed by atoms with Crippen LogP contribution in [-0.2, 0) is 25.6 Å². The number of carbonyl (C=O) groups excluding carboxylic acids is 3. The molecule has 11 nitrogen and oxygen atoms in total. The molecule has 12 heteroatoms. The predicted octanol–water partition coefficient (Wildman–Crippen LogP) is -0.0941. The number of carboxylic acid groups (broad SMARTS) is 1. The summed E-state index contributed by atoms with van der Waals surface area (Å²) in [5.74, 6) is -3.12. The Kier molecular flexibility index (Phi) is 13.9. The zero-order chi connectivity index (χ0) is 27.3. The summed E-state index contributed by atoms with van der Waals surface area (Å²) in [5, 5.41) is 26.5. The van der Waals surface area contributed by atoms with Crippen molar-refractivity contribution in [3.05, 3.63) is 29.8 Å². The fourth-order valence-electron chi connectivity index (χ4n) is 3.43. The molecule has 36 heavy (non-hydrogen) atoms. The largest absolute Gasteiger partial charge is 0.508 e. The quantitative estimate of drug-likeness (QED) is 0.108. The predicted molar refractivity (Wildman–Crippen MR) is 139 cm³/mol. The first-order valence-corrected chi connectivity index (χ1v) is 12.6. The van der Waals surface area contributed by atoms with E-state index in [0.29, 0.717) is 31.4 Å². The highest BCUT2D eigenvalue weighted by molar-refractivity contribution is 7.80. The summed E-state index contributed by atoms with van der Waals surface area (Å²) in [6.45, 7) is 4.27. The van der Waals surface area contributed by atoms with Crippen LogP contribution in [0.25, 0.3) is 0 Å². The fraction of sp³-hybridized carbons (Fsp3) is 0.583. The number of phenols is 1. The molecule has 0 radical (unpaired) electrons. The van der Waals surface area contributed by atoms with Crippen LogP contribution in [0, 0.1) is 5.92 Å². The Bertz CT molecular complexity index is 867. The van der Waals surface area contributed by atoms with E-state index < -0.39 is 47.9 Å². The van der Waals surface area contributed by atoms with Crippen molar-refractivity contribution in [1.82, 2.24) is 16.0 Å². The summed E-state index contributed by atoms with van der Waals surface area (Å²) in [4.78, 5) is 50.1. The second kappa shape index (κ2) is 16.0. The molecular formula is C24H39N5O6S. The maximum absolute atomic E-state index is 13.2. The Labute approximate surface area is 217 Å². The molecule has 3 amide bonds. The molecule has 1 aromatic carbocycles. The van der Waals surface area contributed by atoms with Gasteiger partial charge in [-0.3, -0.25) is 14.4 Å². The van der Waals surface area contributed by atoms with Crippen LogP contribution in [-0.4, -0.2) is 70.4 Å². The minimum atomic E-state index is -1.26. The number of hydrogen-bond donors (Lipinski definition) is 8. The van der Waals surface area contributed by atoms with E-state index in [1.807, 2.05) is 13.8 Å². The Morgan fingerprint density at radius 2 is 1.47 bits per heavy atom. The van der Waals surface area contributed by atoms with Gasteiger partial charge in [-0.2, -0.15) is 12.6 Å². The van der Waals surface area contributed by atoms with Crippen LogP contribution >= 0.6 is 12.6 Å². The number of aliphatic carboxylic acids is 1. The standard InChI is InChI=1S/C24H39N5O6S/c1-14(2)11-18(27-21(31)17(26)5-3-4-10-25)22(32)28-19(12-15-6-8-16(30)9-7-15)23(33)29-20(13-36)24(34)35/h6-9,14,17-20,30,36H,3-5,10-13,25-26H2,1-2H3,(H,27,31)(H,28,32)(H,29,33)(H,34,35). The molecule has 202 valence electrons. The number of benzene rings is 1. The lowest BCUT2D eigenvalue weighted by Crippen LogP contribution is -2.58. The molecule has 0 aliphatic rings. The fourth-order valence-corrected chi connectivity index (χ4v) is 3.68. The van der Waals surface area contributed by atoms with Gasteiger partial charge in [0.05, 0.1) is 6.04 Å². The number of carbonyl (C=O) groups is 4. The molecule has 9 N–H and O–H groups in total. The van der Waals surface area contributed by atoms with Crippen LogP contribution < -0.4 is 27.4 Å². The van der Waals surface area contributed by atoms with Crippen molar-refractivity contribution in [3.63, 3.8) is 0 Å². The summed E-state index contributed by atoms with van der Waals surface area (Å²) in [7, 11) is 0. The van der Waals surface area contributed by atoms with Crippen LogP contribution in [0.3, 0.4) is 0 Å². The molecule has 0 aromatic heterocycles.